The summed E-state index contributed by atoms with van der Waals surface area (Å²) in [5, 5.41) is 43.8. The molecule has 0 saturated heterocycles. The number of carboxylic acid groups (broad SMARTS) is 3. The lowest BCUT2D eigenvalue weighted by molar-refractivity contribution is -0.144. The number of carbonyl (C=O) groups excluding carboxylic acids is 3. The van der Waals surface area contributed by atoms with Gasteiger partial charge in [0, 0.05) is 36.4 Å². The number of aromatic nitrogens is 1. The minimum Gasteiger partial charge on any atom is -0.481 e. The Morgan fingerprint density at radius 1 is 0.795 bits per heavy atom. The number of aliphatic carboxylic acids is 3. The quantitative estimate of drug-likeness (QED) is 0.114. The first-order valence-electron chi connectivity index (χ1n) is 11.9. The lowest BCUT2D eigenvalue weighted by atomic mass is 10.0. The smallest absolute Gasteiger partial charge is 0.328 e. The largest absolute Gasteiger partial charge is 0.481 e. The zero-order valence-corrected chi connectivity index (χ0v) is 20.8. The molecule has 39 heavy (non-hydrogen) atoms. The third-order valence-electron chi connectivity index (χ3n) is 5.81. The summed E-state index contributed by atoms with van der Waals surface area (Å²) in [7, 11) is 0. The zero-order valence-electron chi connectivity index (χ0n) is 20.8. The number of aliphatic hydroxyl groups is 1. The molecule has 15 heteroatoms. The van der Waals surface area contributed by atoms with Crippen LogP contribution in [0.4, 0.5) is 0 Å². The predicted octanol–water partition coefficient (Wildman–Crippen LogP) is -1.70. The van der Waals surface area contributed by atoms with Gasteiger partial charge in [0.05, 0.1) is 12.6 Å². The molecular weight excluding hydrogens is 518 g/mol. The van der Waals surface area contributed by atoms with Gasteiger partial charge in [-0.25, -0.2) is 4.79 Å². The Morgan fingerprint density at radius 3 is 1.97 bits per heavy atom. The number of para-hydroxylation sites is 1. The molecule has 4 unspecified atom stereocenters. The van der Waals surface area contributed by atoms with Crippen molar-refractivity contribution in [2.24, 2.45) is 5.73 Å². The molecule has 212 valence electrons. The monoisotopic (exact) mass is 549 g/mol. The van der Waals surface area contributed by atoms with Crippen LogP contribution in [0.2, 0.25) is 0 Å². The van der Waals surface area contributed by atoms with Crippen LogP contribution in [0.1, 0.15) is 31.2 Å². The molecule has 1 heterocycles. The van der Waals surface area contributed by atoms with Crippen LogP contribution in [0.15, 0.2) is 30.5 Å². The van der Waals surface area contributed by atoms with Gasteiger partial charge in [0.25, 0.3) is 0 Å². The number of aromatic amines is 1. The molecule has 0 aliphatic heterocycles. The Kier molecular flexibility index (Phi) is 11.4. The van der Waals surface area contributed by atoms with Gasteiger partial charge in [-0.3, -0.25) is 24.0 Å². The van der Waals surface area contributed by atoms with Crippen molar-refractivity contribution in [3.05, 3.63) is 36.0 Å². The summed E-state index contributed by atoms with van der Waals surface area (Å²) < 4.78 is 0. The highest BCUT2D eigenvalue weighted by atomic mass is 16.4. The number of carbonyl (C=O) groups is 6. The number of fused-ring (bicyclic) bond motifs is 1. The molecule has 10 N–H and O–H groups in total. The fraction of sp³-hybridized carbons (Fsp3) is 0.417. The lowest BCUT2D eigenvalue weighted by Gasteiger charge is -2.25. The maximum absolute atomic E-state index is 13.3. The van der Waals surface area contributed by atoms with E-state index in [0.29, 0.717) is 5.56 Å². The van der Waals surface area contributed by atoms with Gasteiger partial charge in [0.1, 0.15) is 18.1 Å². The van der Waals surface area contributed by atoms with Crippen LogP contribution in [0.3, 0.4) is 0 Å². The van der Waals surface area contributed by atoms with Crippen molar-refractivity contribution in [2.45, 2.75) is 56.3 Å². The molecule has 0 aliphatic carbocycles. The van der Waals surface area contributed by atoms with E-state index in [0.717, 1.165) is 10.9 Å². The number of nitrogens with one attached hydrogen (secondary N) is 4. The predicted molar refractivity (Wildman–Crippen MR) is 134 cm³/mol. The number of aliphatic hydroxyl groups excluding tert-OH is 1. The first kappa shape index (κ1) is 30.7. The highest BCUT2D eigenvalue weighted by molar-refractivity contribution is 5.95. The van der Waals surface area contributed by atoms with Gasteiger partial charge < -0.3 is 47.1 Å². The summed E-state index contributed by atoms with van der Waals surface area (Å²) in [4.78, 5) is 74.9. The van der Waals surface area contributed by atoms with E-state index in [2.05, 4.69) is 15.6 Å². The van der Waals surface area contributed by atoms with Gasteiger partial charge in [-0.15, -0.1) is 0 Å². The van der Waals surface area contributed by atoms with Crippen molar-refractivity contribution in [3.8, 4) is 0 Å². The highest BCUT2D eigenvalue weighted by Gasteiger charge is 2.31. The number of benzene rings is 1. The Hall–Kier alpha value is -4.50. The molecule has 0 aliphatic rings. The topological polar surface area (TPSA) is 261 Å². The fourth-order valence-corrected chi connectivity index (χ4v) is 3.69. The minimum absolute atomic E-state index is 0.0884. The van der Waals surface area contributed by atoms with E-state index in [9.17, 15) is 33.9 Å². The highest BCUT2D eigenvalue weighted by Crippen LogP contribution is 2.19. The van der Waals surface area contributed by atoms with E-state index in [1.54, 1.807) is 30.5 Å². The van der Waals surface area contributed by atoms with Crippen LogP contribution >= 0.6 is 0 Å². The second-order valence-corrected chi connectivity index (χ2v) is 8.74. The average Bonchev–Trinajstić information content (AvgIpc) is 3.29. The molecule has 2 aromatic rings. The molecule has 1 aromatic heterocycles. The van der Waals surface area contributed by atoms with Gasteiger partial charge in [-0.1, -0.05) is 18.2 Å². The minimum atomic E-state index is -1.70. The Bertz CT molecular complexity index is 1210. The average molecular weight is 550 g/mol. The molecule has 0 radical (unpaired) electrons. The number of rotatable bonds is 16. The second-order valence-electron chi connectivity index (χ2n) is 8.74. The fourth-order valence-electron chi connectivity index (χ4n) is 3.69. The number of amides is 3. The molecule has 3 amide bonds. The molecule has 15 nitrogen and oxygen atoms in total. The van der Waals surface area contributed by atoms with Gasteiger partial charge in [-0.2, -0.15) is 0 Å². The van der Waals surface area contributed by atoms with E-state index in [-0.39, 0.29) is 19.3 Å². The van der Waals surface area contributed by atoms with Crippen molar-refractivity contribution in [2.75, 3.05) is 6.61 Å². The summed E-state index contributed by atoms with van der Waals surface area (Å²) in [6.07, 6.45) is -0.0418. The summed E-state index contributed by atoms with van der Waals surface area (Å²) in [5.74, 6) is -6.78. The summed E-state index contributed by atoms with van der Waals surface area (Å²) in [6, 6.07) is 1.31. The van der Waals surface area contributed by atoms with E-state index in [1.165, 1.54) is 0 Å². The van der Waals surface area contributed by atoms with Crippen molar-refractivity contribution < 1.29 is 49.2 Å². The molecule has 2 rings (SSSR count). The normalized spacial score (nSPS) is 14.0. The summed E-state index contributed by atoms with van der Waals surface area (Å²) >= 11 is 0. The summed E-state index contributed by atoms with van der Waals surface area (Å²) in [6.45, 7) is -0.950. The molecule has 0 fully saturated rings. The SMILES string of the molecule is NC(CCC(=O)O)C(=O)NC(Cc1c[nH]c2ccccc12)C(=O)NC(CCC(=O)O)C(=O)NC(CO)C(=O)O. The van der Waals surface area contributed by atoms with Crippen LogP contribution in [0, 0.1) is 0 Å². The maximum Gasteiger partial charge on any atom is 0.328 e. The van der Waals surface area contributed by atoms with Crippen LogP contribution < -0.4 is 21.7 Å². The van der Waals surface area contributed by atoms with Crippen LogP contribution in [0.5, 0.6) is 0 Å². The van der Waals surface area contributed by atoms with Gasteiger partial charge in [-0.05, 0) is 24.5 Å². The van der Waals surface area contributed by atoms with Gasteiger partial charge >= 0.3 is 17.9 Å². The number of H-pyrrole nitrogens is 1. The van der Waals surface area contributed by atoms with E-state index >= 15 is 0 Å². The molecule has 4 atom stereocenters. The number of hydrogen-bond donors (Lipinski definition) is 9. The zero-order chi connectivity index (χ0) is 29.1. The van der Waals surface area contributed by atoms with Crippen molar-refractivity contribution in [3.63, 3.8) is 0 Å². The maximum atomic E-state index is 13.3. The molecule has 0 bridgehead atoms. The standard InChI is InChI=1S/C24H31N5O10/c25-14(5-7-19(31)32)21(35)28-17(9-12-10-26-15-4-2-1-3-13(12)15)23(37)27-16(6-8-20(33)34)22(36)29-18(11-30)24(38)39/h1-4,10,14,16-18,26,30H,5-9,11,25H2,(H,27,37)(H,28,35)(H,29,36)(H,31,32)(H,33,34)(H,38,39). The summed E-state index contributed by atoms with van der Waals surface area (Å²) in [5.41, 5.74) is 7.15. The van der Waals surface area contributed by atoms with Gasteiger partial charge in [0.2, 0.25) is 17.7 Å². The Labute approximate surface area is 221 Å². The van der Waals surface area contributed by atoms with Crippen molar-refractivity contribution >= 4 is 46.5 Å². The molecule has 0 spiro atoms. The third-order valence-corrected chi connectivity index (χ3v) is 5.81. The van der Waals surface area contributed by atoms with Gasteiger partial charge in [0.15, 0.2) is 0 Å². The van der Waals surface area contributed by atoms with Crippen LogP contribution in [0.25, 0.3) is 10.9 Å². The second kappa shape index (κ2) is 14.4. The lowest BCUT2D eigenvalue weighted by Crippen LogP contribution is -2.58. The van der Waals surface area contributed by atoms with Crippen molar-refractivity contribution in [1.29, 1.82) is 0 Å². The molecule has 1 aromatic carbocycles. The molecule has 0 saturated carbocycles. The van der Waals surface area contributed by atoms with E-state index in [1.807, 2.05) is 5.32 Å². The van der Waals surface area contributed by atoms with Crippen LogP contribution in [-0.4, -0.2) is 91.8 Å². The third kappa shape index (κ3) is 9.39. The Morgan fingerprint density at radius 2 is 1.36 bits per heavy atom. The number of carboxylic acids is 3. The van der Waals surface area contributed by atoms with Crippen molar-refractivity contribution in [1.82, 2.24) is 20.9 Å². The van der Waals surface area contributed by atoms with E-state index < -0.39 is 79.2 Å². The number of hydrogen-bond acceptors (Lipinski definition) is 8. The first-order valence-corrected chi connectivity index (χ1v) is 11.9. The van der Waals surface area contributed by atoms with E-state index in [4.69, 9.17) is 21.1 Å². The molecular formula is C24H31N5O10. The van der Waals surface area contributed by atoms with Crippen LogP contribution in [-0.2, 0) is 35.2 Å². The first-order chi connectivity index (χ1) is 18.4. The Balaban J connectivity index is 2.30. The number of nitrogens with two attached hydrogens (primary N) is 1.